The Morgan fingerprint density at radius 1 is 1.39 bits per heavy atom. The third-order valence-corrected chi connectivity index (χ3v) is 3.49. The third-order valence-electron chi connectivity index (χ3n) is 3.49. The number of hydrogen-bond donors (Lipinski definition) is 1. The van der Waals surface area contributed by atoms with Gasteiger partial charge in [0.25, 0.3) is 0 Å². The molecule has 1 N–H and O–H groups in total. The van der Waals surface area contributed by atoms with E-state index in [0.29, 0.717) is 17.4 Å². The van der Waals surface area contributed by atoms with Gasteiger partial charge in [-0.25, -0.2) is 9.78 Å². The Kier molecular flexibility index (Phi) is 3.36. The van der Waals surface area contributed by atoms with Crippen molar-refractivity contribution in [3.8, 4) is 0 Å². The average molecular weight is 246 g/mol. The molecule has 0 aliphatic carbocycles. The molecule has 1 unspecified atom stereocenters. The summed E-state index contributed by atoms with van der Waals surface area (Å²) in [4.78, 5) is 15.5. The number of aromatic nitrogens is 2. The van der Waals surface area contributed by atoms with Gasteiger partial charge in [0.1, 0.15) is 0 Å². The van der Waals surface area contributed by atoms with Crippen LogP contribution in [0.15, 0.2) is 24.5 Å². The van der Waals surface area contributed by atoms with Gasteiger partial charge >= 0.3 is 5.97 Å². The molecule has 0 aliphatic rings. The monoisotopic (exact) mass is 246 g/mol. The summed E-state index contributed by atoms with van der Waals surface area (Å²) in [5.41, 5.74) is 1.78. The largest absolute Gasteiger partial charge is 0.478 e. The SMILES string of the molecule is CC(C)C(C)Cn1cnc2cccc(C(=O)O)c21. The highest BCUT2D eigenvalue weighted by atomic mass is 16.4. The standard InChI is InChI=1S/C14H18N2O2/c1-9(2)10(3)7-16-8-15-12-6-4-5-11(13(12)16)14(17)18/h4-6,8-10H,7H2,1-3H3,(H,17,18). The van der Waals surface area contributed by atoms with Crippen molar-refractivity contribution in [3.63, 3.8) is 0 Å². The molecule has 4 heteroatoms. The first-order valence-corrected chi connectivity index (χ1v) is 6.18. The number of aromatic carboxylic acids is 1. The third kappa shape index (κ3) is 2.23. The van der Waals surface area contributed by atoms with Crippen molar-refractivity contribution >= 4 is 17.0 Å². The van der Waals surface area contributed by atoms with Crippen molar-refractivity contribution in [1.29, 1.82) is 0 Å². The van der Waals surface area contributed by atoms with E-state index in [1.807, 2.05) is 10.6 Å². The molecule has 1 aromatic carbocycles. The second-order valence-electron chi connectivity index (χ2n) is 5.10. The summed E-state index contributed by atoms with van der Waals surface area (Å²) >= 11 is 0. The molecule has 1 heterocycles. The summed E-state index contributed by atoms with van der Waals surface area (Å²) < 4.78 is 1.95. The summed E-state index contributed by atoms with van der Waals surface area (Å²) in [7, 11) is 0. The molecule has 2 rings (SSSR count). The molecule has 0 radical (unpaired) electrons. The molecule has 0 amide bonds. The van der Waals surface area contributed by atoms with E-state index in [1.54, 1.807) is 18.5 Å². The summed E-state index contributed by atoms with van der Waals surface area (Å²) in [6.07, 6.45) is 1.73. The van der Waals surface area contributed by atoms with Gasteiger partial charge in [-0.1, -0.05) is 26.8 Å². The minimum absolute atomic E-state index is 0.320. The van der Waals surface area contributed by atoms with Crippen LogP contribution in [0.2, 0.25) is 0 Å². The van der Waals surface area contributed by atoms with Gasteiger partial charge in [0.2, 0.25) is 0 Å². The highest BCUT2D eigenvalue weighted by Gasteiger charge is 2.15. The van der Waals surface area contributed by atoms with Gasteiger partial charge in [-0.3, -0.25) is 0 Å². The van der Waals surface area contributed by atoms with Crippen LogP contribution in [0, 0.1) is 11.8 Å². The summed E-state index contributed by atoms with van der Waals surface area (Å²) in [6, 6.07) is 5.20. The van der Waals surface area contributed by atoms with E-state index < -0.39 is 5.97 Å². The Balaban J connectivity index is 2.49. The first-order chi connectivity index (χ1) is 8.50. The Hall–Kier alpha value is -1.84. The number of rotatable bonds is 4. The lowest BCUT2D eigenvalue weighted by atomic mass is 9.98. The fourth-order valence-electron chi connectivity index (χ4n) is 1.96. The zero-order valence-electron chi connectivity index (χ0n) is 10.9. The van der Waals surface area contributed by atoms with Gasteiger partial charge in [-0.05, 0) is 24.0 Å². The van der Waals surface area contributed by atoms with Gasteiger partial charge in [0.15, 0.2) is 0 Å². The summed E-state index contributed by atoms with van der Waals surface area (Å²) in [6.45, 7) is 7.29. The lowest BCUT2D eigenvalue weighted by Gasteiger charge is -2.16. The fraction of sp³-hybridized carbons (Fsp3) is 0.429. The van der Waals surface area contributed by atoms with Crippen LogP contribution in [0.3, 0.4) is 0 Å². The van der Waals surface area contributed by atoms with Crippen LogP contribution in [-0.2, 0) is 6.54 Å². The quantitative estimate of drug-likeness (QED) is 0.902. The van der Waals surface area contributed by atoms with E-state index in [0.717, 1.165) is 17.6 Å². The maximum absolute atomic E-state index is 11.2. The Bertz CT molecular complexity index is 572. The van der Waals surface area contributed by atoms with Crippen LogP contribution >= 0.6 is 0 Å². The first-order valence-electron chi connectivity index (χ1n) is 6.18. The van der Waals surface area contributed by atoms with Crippen LogP contribution in [0.4, 0.5) is 0 Å². The lowest BCUT2D eigenvalue weighted by Crippen LogP contribution is -2.13. The number of benzene rings is 1. The maximum atomic E-state index is 11.2. The topological polar surface area (TPSA) is 55.1 Å². The van der Waals surface area contributed by atoms with Crippen LogP contribution in [0.1, 0.15) is 31.1 Å². The predicted molar refractivity (Wildman–Crippen MR) is 70.7 cm³/mol. The molecule has 1 aromatic heterocycles. The lowest BCUT2D eigenvalue weighted by molar-refractivity contribution is 0.0698. The van der Waals surface area contributed by atoms with E-state index in [-0.39, 0.29) is 0 Å². The van der Waals surface area contributed by atoms with Gasteiger partial charge in [0, 0.05) is 6.54 Å². The van der Waals surface area contributed by atoms with Gasteiger partial charge < -0.3 is 9.67 Å². The van der Waals surface area contributed by atoms with E-state index >= 15 is 0 Å². The molecule has 0 aliphatic heterocycles. The van der Waals surface area contributed by atoms with Gasteiger partial charge in [-0.2, -0.15) is 0 Å². The number of hydrogen-bond acceptors (Lipinski definition) is 2. The fourth-order valence-corrected chi connectivity index (χ4v) is 1.96. The number of imidazole rings is 1. The van der Waals surface area contributed by atoms with Gasteiger partial charge in [-0.15, -0.1) is 0 Å². The van der Waals surface area contributed by atoms with Crippen molar-refractivity contribution in [2.24, 2.45) is 11.8 Å². The van der Waals surface area contributed by atoms with Crippen molar-refractivity contribution < 1.29 is 9.90 Å². The molecule has 2 aromatic rings. The Morgan fingerprint density at radius 3 is 2.72 bits per heavy atom. The molecule has 96 valence electrons. The number of carboxylic acid groups (broad SMARTS) is 1. The normalized spacial score (nSPS) is 13.1. The molecule has 0 saturated carbocycles. The number of carbonyl (C=O) groups is 1. The highest BCUT2D eigenvalue weighted by molar-refractivity contribution is 6.01. The molecule has 0 bridgehead atoms. The molecule has 4 nitrogen and oxygen atoms in total. The number of para-hydroxylation sites is 1. The molecule has 18 heavy (non-hydrogen) atoms. The number of carboxylic acids is 1. The minimum atomic E-state index is -0.903. The van der Waals surface area contributed by atoms with Crippen LogP contribution in [0.5, 0.6) is 0 Å². The van der Waals surface area contributed by atoms with Crippen LogP contribution in [-0.4, -0.2) is 20.6 Å². The smallest absolute Gasteiger partial charge is 0.337 e. The Labute approximate surface area is 106 Å². The van der Waals surface area contributed by atoms with E-state index in [1.165, 1.54) is 0 Å². The zero-order chi connectivity index (χ0) is 13.3. The Morgan fingerprint density at radius 2 is 2.11 bits per heavy atom. The number of nitrogens with zero attached hydrogens (tertiary/aromatic N) is 2. The summed E-state index contributed by atoms with van der Waals surface area (Å²) in [5, 5.41) is 9.23. The second-order valence-corrected chi connectivity index (χ2v) is 5.10. The molecule has 1 atom stereocenters. The second kappa shape index (κ2) is 4.80. The van der Waals surface area contributed by atoms with E-state index in [4.69, 9.17) is 0 Å². The van der Waals surface area contributed by atoms with Gasteiger partial charge in [0.05, 0.1) is 22.9 Å². The van der Waals surface area contributed by atoms with E-state index in [2.05, 4.69) is 25.8 Å². The molecule has 0 spiro atoms. The summed E-state index contributed by atoms with van der Waals surface area (Å²) in [5.74, 6) is 0.128. The highest BCUT2D eigenvalue weighted by Crippen LogP contribution is 2.21. The zero-order valence-corrected chi connectivity index (χ0v) is 10.9. The molecular weight excluding hydrogens is 228 g/mol. The number of fused-ring (bicyclic) bond motifs is 1. The van der Waals surface area contributed by atoms with Crippen LogP contribution < -0.4 is 0 Å². The van der Waals surface area contributed by atoms with Crippen molar-refractivity contribution in [3.05, 3.63) is 30.1 Å². The average Bonchev–Trinajstić information content (AvgIpc) is 2.72. The van der Waals surface area contributed by atoms with Crippen molar-refractivity contribution in [2.75, 3.05) is 0 Å². The van der Waals surface area contributed by atoms with Crippen molar-refractivity contribution in [2.45, 2.75) is 27.3 Å². The predicted octanol–water partition coefficient (Wildman–Crippen LogP) is 3.03. The minimum Gasteiger partial charge on any atom is -0.478 e. The molecular formula is C14H18N2O2. The van der Waals surface area contributed by atoms with Crippen LogP contribution in [0.25, 0.3) is 11.0 Å². The maximum Gasteiger partial charge on any atom is 0.337 e. The molecule has 0 fully saturated rings. The van der Waals surface area contributed by atoms with Crippen molar-refractivity contribution in [1.82, 2.24) is 9.55 Å². The molecule has 0 saturated heterocycles. The first kappa shape index (κ1) is 12.6. The van der Waals surface area contributed by atoms with E-state index in [9.17, 15) is 9.90 Å².